The van der Waals surface area contributed by atoms with Gasteiger partial charge in [-0.05, 0) is 65.9 Å². The van der Waals surface area contributed by atoms with E-state index >= 15 is 0 Å². The van der Waals surface area contributed by atoms with Crippen molar-refractivity contribution in [1.29, 1.82) is 0 Å². The van der Waals surface area contributed by atoms with Gasteiger partial charge in [-0.2, -0.15) is 0 Å². The lowest BCUT2D eigenvalue weighted by Crippen LogP contribution is -2.06. The molecule has 0 bridgehead atoms. The predicted octanol–water partition coefficient (Wildman–Crippen LogP) is 5.20. The molecule has 4 heteroatoms. The van der Waals surface area contributed by atoms with E-state index in [0.717, 1.165) is 25.7 Å². The van der Waals surface area contributed by atoms with E-state index in [1.165, 1.54) is 16.7 Å². The van der Waals surface area contributed by atoms with Crippen LogP contribution in [0.15, 0.2) is 34.9 Å². The smallest absolute Gasteiger partial charge is 0.306 e. The maximum absolute atomic E-state index is 11.4. The molecule has 0 aromatic rings. The summed E-state index contributed by atoms with van der Waals surface area (Å²) in [5.74, 6) is -1.22. The first-order valence-corrected chi connectivity index (χ1v) is 8.63. The fraction of sp³-hybridized carbons (Fsp3) is 0.600. The van der Waals surface area contributed by atoms with Crippen molar-refractivity contribution in [1.82, 2.24) is 0 Å². The van der Waals surface area contributed by atoms with Crippen molar-refractivity contribution < 1.29 is 19.4 Å². The number of aliphatic carboxylic acids is 1. The van der Waals surface area contributed by atoms with E-state index in [-0.39, 0.29) is 25.4 Å². The van der Waals surface area contributed by atoms with Gasteiger partial charge in [0.25, 0.3) is 0 Å². The molecule has 0 spiro atoms. The number of rotatable bonds is 12. The Kier molecular flexibility index (Phi) is 12.5. The van der Waals surface area contributed by atoms with Crippen LogP contribution in [0.1, 0.15) is 72.6 Å². The summed E-state index contributed by atoms with van der Waals surface area (Å²) >= 11 is 0. The summed E-state index contributed by atoms with van der Waals surface area (Å²) in [6.45, 7) is 8.70. The van der Waals surface area contributed by atoms with E-state index in [0.29, 0.717) is 6.42 Å². The molecule has 0 amide bonds. The van der Waals surface area contributed by atoms with E-state index in [2.05, 4.69) is 32.9 Å². The van der Waals surface area contributed by atoms with E-state index in [1.54, 1.807) is 0 Å². The van der Waals surface area contributed by atoms with Crippen LogP contribution in [0.2, 0.25) is 0 Å². The van der Waals surface area contributed by atoms with Gasteiger partial charge >= 0.3 is 11.9 Å². The average Bonchev–Trinajstić information content (AvgIpc) is 2.46. The molecule has 0 rings (SSSR count). The Hall–Kier alpha value is -1.84. The summed E-state index contributed by atoms with van der Waals surface area (Å²) in [6.07, 6.45) is 11.1. The van der Waals surface area contributed by atoms with E-state index < -0.39 is 5.97 Å². The molecule has 0 aromatic carbocycles. The number of hydrogen-bond acceptors (Lipinski definition) is 3. The van der Waals surface area contributed by atoms with Crippen LogP contribution in [0.3, 0.4) is 0 Å². The third kappa shape index (κ3) is 15.1. The van der Waals surface area contributed by atoms with Crippen molar-refractivity contribution in [3.8, 4) is 0 Å². The number of carboxylic acids is 1. The zero-order chi connectivity index (χ0) is 18.4. The zero-order valence-corrected chi connectivity index (χ0v) is 15.6. The molecule has 1 N–H and O–H groups in total. The highest BCUT2D eigenvalue weighted by molar-refractivity contribution is 5.71. The SMILES string of the molecule is CC(C)=CCCC(C)=CCCC(C)=CCOC(=O)CCCC(=O)O. The van der Waals surface area contributed by atoms with Crippen LogP contribution in [-0.2, 0) is 14.3 Å². The fourth-order valence-electron chi connectivity index (χ4n) is 2.07. The zero-order valence-electron chi connectivity index (χ0n) is 15.6. The van der Waals surface area contributed by atoms with Gasteiger partial charge in [0, 0.05) is 12.8 Å². The predicted molar refractivity (Wildman–Crippen MR) is 97.9 cm³/mol. The summed E-state index contributed by atoms with van der Waals surface area (Å²) < 4.78 is 5.07. The Labute approximate surface area is 146 Å². The summed E-state index contributed by atoms with van der Waals surface area (Å²) in [6, 6.07) is 0. The molecule has 0 unspecified atom stereocenters. The average molecular weight is 336 g/mol. The van der Waals surface area contributed by atoms with E-state index in [4.69, 9.17) is 9.84 Å². The van der Waals surface area contributed by atoms with Crippen LogP contribution < -0.4 is 0 Å². The monoisotopic (exact) mass is 336 g/mol. The van der Waals surface area contributed by atoms with Gasteiger partial charge in [-0.25, -0.2) is 0 Å². The number of hydrogen-bond donors (Lipinski definition) is 1. The Balaban J connectivity index is 3.88. The summed E-state index contributed by atoms with van der Waals surface area (Å²) in [4.78, 5) is 21.8. The lowest BCUT2D eigenvalue weighted by molar-refractivity contribution is -0.142. The number of allylic oxidation sites excluding steroid dienone is 5. The van der Waals surface area contributed by atoms with Crippen LogP contribution in [0.5, 0.6) is 0 Å². The minimum Gasteiger partial charge on any atom is -0.481 e. The Bertz CT molecular complexity index is 480. The maximum Gasteiger partial charge on any atom is 0.306 e. The summed E-state index contributed by atoms with van der Waals surface area (Å²) in [5, 5.41) is 8.50. The second kappa shape index (κ2) is 13.6. The first kappa shape index (κ1) is 22.2. The third-order valence-corrected chi connectivity index (χ3v) is 3.57. The topological polar surface area (TPSA) is 63.6 Å². The number of carbonyl (C=O) groups excluding carboxylic acids is 1. The molecule has 0 saturated heterocycles. The van der Waals surface area contributed by atoms with Crippen molar-refractivity contribution in [3.63, 3.8) is 0 Å². The fourth-order valence-corrected chi connectivity index (χ4v) is 2.07. The number of carboxylic acid groups (broad SMARTS) is 1. The van der Waals surface area contributed by atoms with Gasteiger partial charge < -0.3 is 9.84 Å². The highest BCUT2D eigenvalue weighted by Crippen LogP contribution is 2.11. The quantitative estimate of drug-likeness (QED) is 0.393. The molecule has 0 aliphatic rings. The Morgan fingerprint density at radius 3 is 2.00 bits per heavy atom. The Morgan fingerprint density at radius 2 is 1.42 bits per heavy atom. The van der Waals surface area contributed by atoms with Gasteiger partial charge in [0.1, 0.15) is 6.61 Å². The second-order valence-corrected chi connectivity index (χ2v) is 6.39. The molecule has 0 aromatic heterocycles. The highest BCUT2D eigenvalue weighted by Gasteiger charge is 2.04. The summed E-state index contributed by atoms with van der Waals surface area (Å²) in [5.41, 5.74) is 3.96. The molecular formula is C20H32O4. The van der Waals surface area contributed by atoms with Crippen LogP contribution in [-0.4, -0.2) is 23.7 Å². The number of carbonyl (C=O) groups is 2. The van der Waals surface area contributed by atoms with Gasteiger partial charge in [0.2, 0.25) is 0 Å². The molecule has 0 aliphatic carbocycles. The highest BCUT2D eigenvalue weighted by atomic mass is 16.5. The third-order valence-electron chi connectivity index (χ3n) is 3.57. The summed E-state index contributed by atoms with van der Waals surface area (Å²) in [7, 11) is 0. The van der Waals surface area contributed by atoms with Gasteiger partial charge in [-0.15, -0.1) is 0 Å². The van der Waals surface area contributed by atoms with Crippen molar-refractivity contribution in [2.75, 3.05) is 6.61 Å². The van der Waals surface area contributed by atoms with E-state index in [1.807, 2.05) is 13.0 Å². The van der Waals surface area contributed by atoms with Crippen LogP contribution in [0.4, 0.5) is 0 Å². The van der Waals surface area contributed by atoms with Crippen LogP contribution in [0, 0.1) is 0 Å². The minimum absolute atomic E-state index is 0.00324. The molecule has 0 atom stereocenters. The number of esters is 1. The van der Waals surface area contributed by atoms with Crippen molar-refractivity contribution in [2.45, 2.75) is 72.6 Å². The molecule has 0 saturated carbocycles. The van der Waals surface area contributed by atoms with Crippen molar-refractivity contribution in [3.05, 3.63) is 34.9 Å². The molecule has 0 radical (unpaired) electrons. The van der Waals surface area contributed by atoms with Crippen molar-refractivity contribution in [2.24, 2.45) is 0 Å². The molecule has 4 nitrogen and oxygen atoms in total. The lowest BCUT2D eigenvalue weighted by atomic mass is 10.1. The number of ether oxygens (including phenoxy) is 1. The van der Waals surface area contributed by atoms with Crippen LogP contribution in [0.25, 0.3) is 0 Å². The standard InChI is InChI=1S/C20H32O4/c1-16(2)8-5-9-17(3)10-6-11-18(4)14-15-24-20(23)13-7-12-19(21)22/h8,10,14H,5-7,9,11-13,15H2,1-4H3,(H,21,22). The van der Waals surface area contributed by atoms with Crippen LogP contribution >= 0.6 is 0 Å². The molecule has 24 heavy (non-hydrogen) atoms. The maximum atomic E-state index is 11.4. The van der Waals surface area contributed by atoms with Gasteiger partial charge in [-0.1, -0.05) is 28.9 Å². The van der Waals surface area contributed by atoms with Gasteiger partial charge in [-0.3, -0.25) is 9.59 Å². The molecule has 0 aliphatic heterocycles. The van der Waals surface area contributed by atoms with Gasteiger partial charge in [0.05, 0.1) is 0 Å². The molecule has 0 fully saturated rings. The Morgan fingerprint density at radius 1 is 0.833 bits per heavy atom. The van der Waals surface area contributed by atoms with Crippen molar-refractivity contribution >= 4 is 11.9 Å². The molecule has 0 heterocycles. The molecular weight excluding hydrogens is 304 g/mol. The lowest BCUT2D eigenvalue weighted by Gasteiger charge is -2.03. The molecule has 136 valence electrons. The van der Waals surface area contributed by atoms with Gasteiger partial charge in [0.15, 0.2) is 0 Å². The normalized spacial score (nSPS) is 12.0. The second-order valence-electron chi connectivity index (χ2n) is 6.39. The van der Waals surface area contributed by atoms with E-state index in [9.17, 15) is 9.59 Å². The first-order valence-electron chi connectivity index (χ1n) is 8.63. The largest absolute Gasteiger partial charge is 0.481 e. The first-order chi connectivity index (χ1) is 11.3. The minimum atomic E-state index is -0.886.